The van der Waals surface area contributed by atoms with Crippen LogP contribution in [0.25, 0.3) is 11.7 Å². The van der Waals surface area contributed by atoms with Gasteiger partial charge < -0.3 is 23.6 Å². The topological polar surface area (TPSA) is 103 Å². The van der Waals surface area contributed by atoms with Crippen molar-refractivity contribution in [1.29, 1.82) is 0 Å². The van der Waals surface area contributed by atoms with Crippen molar-refractivity contribution in [3.8, 4) is 23.1 Å². The predicted molar refractivity (Wildman–Crippen MR) is 108 cm³/mol. The molecule has 0 aliphatic carbocycles. The Labute approximate surface area is 174 Å². The highest BCUT2D eigenvalue weighted by Crippen LogP contribution is 2.32. The molecule has 0 bridgehead atoms. The molecule has 0 fully saturated rings. The van der Waals surface area contributed by atoms with Crippen molar-refractivity contribution in [2.24, 2.45) is 0 Å². The van der Waals surface area contributed by atoms with E-state index in [1.165, 1.54) is 0 Å². The molecule has 2 aromatic heterocycles. The molecule has 0 unspecified atom stereocenters. The van der Waals surface area contributed by atoms with Gasteiger partial charge in [0.2, 0.25) is 11.8 Å². The Morgan fingerprint density at radius 1 is 1.17 bits per heavy atom. The summed E-state index contributed by atoms with van der Waals surface area (Å²) in [7, 11) is 0. The average molecular weight is 412 g/mol. The first-order valence-electron chi connectivity index (χ1n) is 9.99. The quantitative estimate of drug-likeness (QED) is 0.601. The zero-order valence-corrected chi connectivity index (χ0v) is 16.8. The van der Waals surface area contributed by atoms with Crippen LogP contribution < -0.4 is 14.8 Å². The van der Waals surface area contributed by atoms with E-state index in [2.05, 4.69) is 22.4 Å². The molecule has 0 spiro atoms. The molecule has 0 saturated heterocycles. The number of aromatic nitrogens is 2. The van der Waals surface area contributed by atoms with Gasteiger partial charge in [-0.05, 0) is 37.2 Å². The standard InChI is InChI=1S/C21H24N4O5/c1-2-8-25(14-20-23-24-21(30-20)17-5-3-9-28-17)13-19(26)22-15-6-7-16-18(12-15)29-11-4-10-27-16/h3,5-7,9,12H,2,4,8,10-11,13-14H2,1H3,(H,22,26). The van der Waals surface area contributed by atoms with Gasteiger partial charge in [-0.2, -0.15) is 0 Å². The Hall–Kier alpha value is -3.33. The monoisotopic (exact) mass is 412 g/mol. The van der Waals surface area contributed by atoms with E-state index in [-0.39, 0.29) is 12.5 Å². The Morgan fingerprint density at radius 3 is 2.83 bits per heavy atom. The minimum atomic E-state index is -0.135. The highest BCUT2D eigenvalue weighted by atomic mass is 16.5. The SMILES string of the molecule is CCCN(CC(=O)Nc1ccc2c(c1)OCCCO2)Cc1nnc(-c2ccco2)o1. The minimum absolute atomic E-state index is 0.135. The van der Waals surface area contributed by atoms with Crippen molar-refractivity contribution < 1.29 is 23.1 Å². The fourth-order valence-electron chi connectivity index (χ4n) is 3.18. The Kier molecular flexibility index (Phi) is 6.29. The number of anilines is 1. The van der Waals surface area contributed by atoms with E-state index in [0.717, 1.165) is 12.8 Å². The third-order valence-corrected chi connectivity index (χ3v) is 4.50. The first kappa shape index (κ1) is 20.0. The van der Waals surface area contributed by atoms with Crippen LogP contribution in [-0.2, 0) is 11.3 Å². The number of carbonyl (C=O) groups excluding carboxylic acids is 1. The molecule has 30 heavy (non-hydrogen) atoms. The maximum absolute atomic E-state index is 12.6. The summed E-state index contributed by atoms with van der Waals surface area (Å²) in [6, 6.07) is 8.92. The van der Waals surface area contributed by atoms with Crippen molar-refractivity contribution in [2.75, 3.05) is 31.6 Å². The van der Waals surface area contributed by atoms with E-state index in [9.17, 15) is 4.79 Å². The van der Waals surface area contributed by atoms with E-state index in [1.807, 2.05) is 17.0 Å². The molecule has 4 rings (SSSR count). The lowest BCUT2D eigenvalue weighted by molar-refractivity contribution is -0.117. The third-order valence-electron chi connectivity index (χ3n) is 4.50. The second-order valence-electron chi connectivity index (χ2n) is 6.95. The number of nitrogens with one attached hydrogen (secondary N) is 1. The summed E-state index contributed by atoms with van der Waals surface area (Å²) in [5.41, 5.74) is 0.665. The lowest BCUT2D eigenvalue weighted by Crippen LogP contribution is -2.33. The highest BCUT2D eigenvalue weighted by Gasteiger charge is 2.17. The smallest absolute Gasteiger partial charge is 0.283 e. The maximum Gasteiger partial charge on any atom is 0.283 e. The summed E-state index contributed by atoms with van der Waals surface area (Å²) in [5, 5.41) is 11.0. The molecule has 9 heteroatoms. The number of ether oxygens (including phenoxy) is 2. The van der Waals surface area contributed by atoms with Crippen LogP contribution in [0.3, 0.4) is 0 Å². The van der Waals surface area contributed by atoms with E-state index < -0.39 is 0 Å². The highest BCUT2D eigenvalue weighted by molar-refractivity contribution is 5.92. The number of amides is 1. The van der Waals surface area contributed by atoms with Crippen molar-refractivity contribution in [2.45, 2.75) is 26.3 Å². The number of nitrogens with zero attached hydrogens (tertiary/aromatic N) is 3. The molecule has 1 aliphatic rings. The van der Waals surface area contributed by atoms with Crippen LogP contribution in [0.1, 0.15) is 25.7 Å². The van der Waals surface area contributed by atoms with Crippen LogP contribution in [0.2, 0.25) is 0 Å². The average Bonchev–Trinajstić information content (AvgIpc) is 3.36. The van der Waals surface area contributed by atoms with Gasteiger partial charge in [0, 0.05) is 18.2 Å². The Balaban J connectivity index is 1.37. The van der Waals surface area contributed by atoms with Gasteiger partial charge in [-0.3, -0.25) is 9.69 Å². The van der Waals surface area contributed by atoms with Crippen LogP contribution in [0.4, 0.5) is 5.69 Å². The number of hydrogen-bond acceptors (Lipinski definition) is 8. The summed E-state index contributed by atoms with van der Waals surface area (Å²) in [5.74, 6) is 2.47. The van der Waals surface area contributed by atoms with Crippen LogP contribution in [0.15, 0.2) is 45.4 Å². The molecule has 1 N–H and O–H groups in total. The van der Waals surface area contributed by atoms with Crippen molar-refractivity contribution in [3.05, 3.63) is 42.5 Å². The van der Waals surface area contributed by atoms with Crippen molar-refractivity contribution in [1.82, 2.24) is 15.1 Å². The molecule has 158 valence electrons. The number of furan rings is 1. The van der Waals surface area contributed by atoms with Crippen molar-refractivity contribution >= 4 is 11.6 Å². The first-order chi connectivity index (χ1) is 14.7. The van der Waals surface area contributed by atoms with Gasteiger partial charge in [-0.15, -0.1) is 10.2 Å². The number of fused-ring (bicyclic) bond motifs is 1. The molecule has 1 aliphatic heterocycles. The van der Waals surface area contributed by atoms with Crippen molar-refractivity contribution in [3.63, 3.8) is 0 Å². The summed E-state index contributed by atoms with van der Waals surface area (Å²) in [4.78, 5) is 14.6. The van der Waals surface area contributed by atoms with E-state index in [1.54, 1.807) is 24.5 Å². The summed E-state index contributed by atoms with van der Waals surface area (Å²) >= 11 is 0. The molecule has 0 radical (unpaired) electrons. The molecule has 3 heterocycles. The van der Waals surface area contributed by atoms with E-state index in [0.29, 0.717) is 61.0 Å². The largest absolute Gasteiger partial charge is 0.490 e. The zero-order valence-electron chi connectivity index (χ0n) is 16.8. The summed E-state index contributed by atoms with van der Waals surface area (Å²) in [6.45, 7) is 4.56. The van der Waals surface area contributed by atoms with E-state index in [4.69, 9.17) is 18.3 Å². The molecule has 9 nitrogen and oxygen atoms in total. The third kappa shape index (κ3) is 4.98. The van der Waals surface area contributed by atoms with Crippen LogP contribution in [-0.4, -0.2) is 47.3 Å². The van der Waals surface area contributed by atoms with Gasteiger partial charge in [0.05, 0.1) is 32.6 Å². The van der Waals surface area contributed by atoms with Gasteiger partial charge >= 0.3 is 0 Å². The molecule has 1 amide bonds. The van der Waals surface area contributed by atoms with Crippen LogP contribution >= 0.6 is 0 Å². The molecule has 3 aromatic rings. The molecule has 0 atom stereocenters. The molecular weight excluding hydrogens is 388 g/mol. The van der Waals surface area contributed by atoms with Crippen LogP contribution in [0.5, 0.6) is 11.5 Å². The zero-order chi connectivity index (χ0) is 20.8. The number of benzene rings is 1. The number of rotatable bonds is 8. The summed E-state index contributed by atoms with van der Waals surface area (Å²) < 4.78 is 22.2. The minimum Gasteiger partial charge on any atom is -0.490 e. The number of carbonyl (C=O) groups is 1. The molecule has 1 aromatic carbocycles. The second-order valence-corrected chi connectivity index (χ2v) is 6.95. The van der Waals surface area contributed by atoms with Gasteiger partial charge in [0.15, 0.2) is 17.3 Å². The number of hydrogen-bond donors (Lipinski definition) is 1. The Bertz CT molecular complexity index is 970. The van der Waals surface area contributed by atoms with Gasteiger partial charge in [0.25, 0.3) is 5.89 Å². The van der Waals surface area contributed by atoms with Gasteiger partial charge in [-0.1, -0.05) is 6.92 Å². The molecule has 0 saturated carbocycles. The van der Waals surface area contributed by atoms with Crippen LogP contribution in [0, 0.1) is 0 Å². The van der Waals surface area contributed by atoms with Gasteiger partial charge in [0.1, 0.15) is 0 Å². The maximum atomic E-state index is 12.6. The normalized spacial score (nSPS) is 13.3. The second kappa shape index (κ2) is 9.45. The van der Waals surface area contributed by atoms with Gasteiger partial charge in [-0.25, -0.2) is 0 Å². The fraction of sp³-hybridized carbons (Fsp3) is 0.381. The first-order valence-corrected chi connectivity index (χ1v) is 9.99. The lowest BCUT2D eigenvalue weighted by atomic mass is 10.2. The fourth-order valence-corrected chi connectivity index (χ4v) is 3.18. The predicted octanol–water partition coefficient (Wildman–Crippen LogP) is 3.34. The lowest BCUT2D eigenvalue weighted by Gasteiger charge is -2.19. The van der Waals surface area contributed by atoms with E-state index >= 15 is 0 Å². The summed E-state index contributed by atoms with van der Waals surface area (Å²) in [6.07, 6.45) is 3.27. The Morgan fingerprint density at radius 2 is 2.03 bits per heavy atom. The molecular formula is C21H24N4O5.